The maximum Gasteiger partial charge on any atom is 0.471 e. The summed E-state index contributed by atoms with van der Waals surface area (Å²) in [6.07, 6.45) is -0.0771. The van der Waals surface area contributed by atoms with Gasteiger partial charge in [-0.2, -0.15) is 13.2 Å². The van der Waals surface area contributed by atoms with E-state index in [1.165, 1.54) is 7.11 Å². The van der Waals surface area contributed by atoms with Crippen LogP contribution in [0.5, 0.6) is 0 Å². The Balaban J connectivity index is 1.32. The van der Waals surface area contributed by atoms with Gasteiger partial charge in [0, 0.05) is 31.1 Å². The minimum atomic E-state index is -4.87. The van der Waals surface area contributed by atoms with Crippen molar-refractivity contribution in [1.29, 1.82) is 0 Å². The standard InChI is InChI=1S/C29H33F3N2O3/c1-3-22(13-19-7-5-4-6-8-19)25-16-26(25)34(28(36)29(30,31)32)18-21-14-24(15-21)33-17-20-9-11-23(12-10-20)27(35)37-2/h4-13,21,24-26,33H,3,14-18H2,1-2H3/b22-13+. The summed E-state index contributed by atoms with van der Waals surface area (Å²) < 4.78 is 45.1. The molecule has 37 heavy (non-hydrogen) atoms. The van der Waals surface area contributed by atoms with E-state index in [-0.39, 0.29) is 30.4 Å². The average molecular weight is 515 g/mol. The first-order chi connectivity index (χ1) is 17.7. The molecule has 2 atom stereocenters. The molecule has 0 heterocycles. The molecule has 4 rings (SSSR count). The quantitative estimate of drug-likeness (QED) is 0.419. The molecule has 2 aromatic rings. The number of ether oxygens (including phenoxy) is 1. The summed E-state index contributed by atoms with van der Waals surface area (Å²) in [6, 6.07) is 16.6. The number of halogens is 3. The number of hydrogen-bond acceptors (Lipinski definition) is 4. The summed E-state index contributed by atoms with van der Waals surface area (Å²) in [5.41, 5.74) is 3.59. The Morgan fingerprint density at radius 1 is 1.05 bits per heavy atom. The molecule has 0 aliphatic heterocycles. The van der Waals surface area contributed by atoms with Crippen molar-refractivity contribution in [3.05, 3.63) is 76.9 Å². The molecule has 0 saturated heterocycles. The second kappa shape index (κ2) is 11.5. The van der Waals surface area contributed by atoms with Crippen LogP contribution in [-0.2, 0) is 16.1 Å². The molecule has 0 aromatic heterocycles. The van der Waals surface area contributed by atoms with Crippen LogP contribution >= 0.6 is 0 Å². The largest absolute Gasteiger partial charge is 0.471 e. The third kappa shape index (κ3) is 6.80. The zero-order valence-electron chi connectivity index (χ0n) is 21.1. The van der Waals surface area contributed by atoms with Gasteiger partial charge in [-0.25, -0.2) is 4.79 Å². The van der Waals surface area contributed by atoms with Gasteiger partial charge in [0.15, 0.2) is 0 Å². The zero-order valence-corrected chi connectivity index (χ0v) is 21.1. The maximum atomic E-state index is 13.5. The Hall–Kier alpha value is -3.13. The molecule has 0 spiro atoms. The molecule has 1 amide bonds. The van der Waals surface area contributed by atoms with Crippen LogP contribution in [0, 0.1) is 11.8 Å². The van der Waals surface area contributed by atoms with Crippen molar-refractivity contribution in [1.82, 2.24) is 10.2 Å². The lowest BCUT2D eigenvalue weighted by atomic mass is 9.79. The van der Waals surface area contributed by atoms with Crippen LogP contribution in [0.25, 0.3) is 6.08 Å². The number of methoxy groups -OCH3 is 1. The van der Waals surface area contributed by atoms with Crippen LogP contribution in [-0.4, -0.2) is 48.7 Å². The van der Waals surface area contributed by atoms with E-state index in [9.17, 15) is 22.8 Å². The third-order valence-electron chi connectivity index (χ3n) is 7.36. The van der Waals surface area contributed by atoms with Gasteiger partial charge in [-0.3, -0.25) is 4.79 Å². The Labute approximate surface area is 215 Å². The number of nitrogens with one attached hydrogen (secondary N) is 1. The van der Waals surface area contributed by atoms with Crippen LogP contribution in [0.15, 0.2) is 60.2 Å². The van der Waals surface area contributed by atoms with Crippen LogP contribution in [0.2, 0.25) is 0 Å². The van der Waals surface area contributed by atoms with E-state index in [1.807, 2.05) is 55.5 Å². The molecule has 2 saturated carbocycles. The van der Waals surface area contributed by atoms with Gasteiger partial charge in [0.25, 0.3) is 0 Å². The molecular weight excluding hydrogens is 481 g/mol. The van der Waals surface area contributed by atoms with E-state index in [4.69, 9.17) is 4.74 Å². The molecule has 198 valence electrons. The Morgan fingerprint density at radius 3 is 2.32 bits per heavy atom. The zero-order chi connectivity index (χ0) is 26.6. The SMILES string of the molecule is CC/C(=C\c1ccccc1)C1CC1N(CC1CC(NCc2ccc(C(=O)OC)cc2)C1)C(=O)C(F)(F)F. The van der Waals surface area contributed by atoms with Gasteiger partial charge in [0.1, 0.15) is 0 Å². The second-order valence-corrected chi connectivity index (χ2v) is 9.95. The number of carbonyl (C=O) groups is 2. The van der Waals surface area contributed by atoms with Crippen molar-refractivity contribution in [3.8, 4) is 0 Å². The molecule has 5 nitrogen and oxygen atoms in total. The summed E-state index contributed by atoms with van der Waals surface area (Å²) in [7, 11) is 1.34. The summed E-state index contributed by atoms with van der Waals surface area (Å²) >= 11 is 0. The Kier molecular flexibility index (Phi) is 8.37. The monoisotopic (exact) mass is 514 g/mol. The first-order valence-corrected chi connectivity index (χ1v) is 12.7. The lowest BCUT2D eigenvalue weighted by Gasteiger charge is -2.39. The fraction of sp³-hybridized carbons (Fsp3) is 0.448. The van der Waals surface area contributed by atoms with E-state index >= 15 is 0 Å². The maximum absolute atomic E-state index is 13.5. The number of amides is 1. The highest BCUT2D eigenvalue weighted by Crippen LogP contribution is 2.46. The first-order valence-electron chi connectivity index (χ1n) is 12.7. The molecule has 0 radical (unpaired) electrons. The van der Waals surface area contributed by atoms with Crippen molar-refractivity contribution in [2.24, 2.45) is 11.8 Å². The number of hydrogen-bond donors (Lipinski definition) is 1. The average Bonchev–Trinajstić information content (AvgIpc) is 3.66. The first kappa shape index (κ1) is 26.9. The Bertz CT molecular complexity index is 1110. The predicted octanol–water partition coefficient (Wildman–Crippen LogP) is 5.61. The van der Waals surface area contributed by atoms with Crippen molar-refractivity contribution in [2.75, 3.05) is 13.7 Å². The van der Waals surface area contributed by atoms with Crippen molar-refractivity contribution in [3.63, 3.8) is 0 Å². The fourth-order valence-corrected chi connectivity index (χ4v) is 5.16. The lowest BCUT2D eigenvalue weighted by Crippen LogP contribution is -2.50. The van der Waals surface area contributed by atoms with Gasteiger partial charge in [0.05, 0.1) is 12.7 Å². The van der Waals surface area contributed by atoms with E-state index in [0.717, 1.165) is 40.9 Å². The normalized spacial score (nSPS) is 23.2. The van der Waals surface area contributed by atoms with Gasteiger partial charge < -0.3 is 15.0 Å². The van der Waals surface area contributed by atoms with Crippen molar-refractivity contribution < 1.29 is 27.5 Å². The lowest BCUT2D eigenvalue weighted by molar-refractivity contribution is -0.187. The molecule has 2 fully saturated rings. The summed E-state index contributed by atoms with van der Waals surface area (Å²) in [5.74, 6) is -2.11. The van der Waals surface area contributed by atoms with Gasteiger partial charge in [0.2, 0.25) is 0 Å². The molecular formula is C29H33F3N2O3. The Morgan fingerprint density at radius 2 is 1.73 bits per heavy atom. The van der Waals surface area contributed by atoms with Crippen LogP contribution in [0.3, 0.4) is 0 Å². The topological polar surface area (TPSA) is 58.6 Å². The van der Waals surface area contributed by atoms with E-state index in [0.29, 0.717) is 18.5 Å². The van der Waals surface area contributed by atoms with Crippen LogP contribution < -0.4 is 5.32 Å². The van der Waals surface area contributed by atoms with Crippen LogP contribution in [0.4, 0.5) is 13.2 Å². The second-order valence-electron chi connectivity index (χ2n) is 9.95. The van der Waals surface area contributed by atoms with Crippen LogP contribution in [0.1, 0.15) is 54.1 Å². The van der Waals surface area contributed by atoms with Crippen molar-refractivity contribution in [2.45, 2.75) is 57.4 Å². The number of nitrogens with zero attached hydrogens (tertiary/aromatic N) is 1. The molecule has 2 aromatic carbocycles. The van der Waals surface area contributed by atoms with Gasteiger partial charge in [-0.05, 0) is 54.9 Å². The van der Waals surface area contributed by atoms with E-state index in [1.54, 1.807) is 12.1 Å². The highest BCUT2D eigenvalue weighted by Gasteiger charge is 2.53. The van der Waals surface area contributed by atoms with E-state index < -0.39 is 18.1 Å². The molecule has 0 bridgehead atoms. The molecule has 2 unspecified atom stereocenters. The predicted molar refractivity (Wildman–Crippen MR) is 136 cm³/mol. The minimum Gasteiger partial charge on any atom is -0.465 e. The molecule has 8 heteroatoms. The van der Waals surface area contributed by atoms with E-state index in [2.05, 4.69) is 5.32 Å². The highest BCUT2D eigenvalue weighted by atomic mass is 19.4. The van der Waals surface area contributed by atoms with Gasteiger partial charge >= 0.3 is 18.1 Å². The number of benzene rings is 2. The fourth-order valence-electron chi connectivity index (χ4n) is 5.16. The smallest absolute Gasteiger partial charge is 0.465 e. The summed E-state index contributed by atoms with van der Waals surface area (Å²) in [6.45, 7) is 2.73. The molecule has 2 aliphatic carbocycles. The molecule has 1 N–H and O–H groups in total. The van der Waals surface area contributed by atoms with Crippen molar-refractivity contribution >= 4 is 18.0 Å². The number of alkyl halides is 3. The minimum absolute atomic E-state index is 0.0292. The molecule has 2 aliphatic rings. The summed E-state index contributed by atoms with van der Waals surface area (Å²) in [4.78, 5) is 25.0. The number of esters is 1. The number of rotatable bonds is 10. The third-order valence-corrected chi connectivity index (χ3v) is 7.36. The highest BCUT2D eigenvalue weighted by molar-refractivity contribution is 5.89. The summed E-state index contributed by atoms with van der Waals surface area (Å²) in [5, 5.41) is 3.42. The number of carbonyl (C=O) groups excluding carboxylic acids is 2. The van der Waals surface area contributed by atoms with Gasteiger partial charge in [-0.1, -0.05) is 61.0 Å². The van der Waals surface area contributed by atoms with Gasteiger partial charge in [-0.15, -0.1) is 0 Å².